The van der Waals surface area contributed by atoms with Crippen LogP contribution in [0.1, 0.15) is 65.7 Å². The molecule has 0 heterocycles. The third-order valence-corrected chi connectivity index (χ3v) is 2.40. The van der Waals surface area contributed by atoms with Gasteiger partial charge in [-0.1, -0.05) is 50.5 Å². The van der Waals surface area contributed by atoms with Crippen LogP contribution in [0.25, 0.3) is 0 Å². The second-order valence-electron chi connectivity index (χ2n) is 4.44. The third kappa shape index (κ3) is 8.48. The molecule has 0 atom stereocenters. The van der Waals surface area contributed by atoms with Crippen LogP contribution in [0.4, 0.5) is 0 Å². The van der Waals surface area contributed by atoms with Gasteiger partial charge in [-0.3, -0.25) is 0 Å². The molecule has 3 nitrogen and oxygen atoms in total. The van der Waals surface area contributed by atoms with Crippen LogP contribution in [0.15, 0.2) is 0 Å². The minimum absolute atomic E-state index is 0.375. The lowest BCUT2D eigenvalue weighted by Crippen LogP contribution is -2.23. The van der Waals surface area contributed by atoms with Gasteiger partial charge < -0.3 is 0 Å². The highest BCUT2D eigenvalue weighted by Crippen LogP contribution is 2.19. The molecule has 0 rings (SSSR count). The Balaban J connectivity index is 3.26. The van der Waals surface area contributed by atoms with Crippen molar-refractivity contribution in [3.8, 4) is 0 Å². The van der Waals surface area contributed by atoms with Gasteiger partial charge in [-0.25, -0.2) is 10.1 Å². The van der Waals surface area contributed by atoms with E-state index >= 15 is 0 Å². The van der Waals surface area contributed by atoms with E-state index in [2.05, 4.69) is 12.0 Å². The first-order chi connectivity index (χ1) is 6.62. The normalized spacial score (nSPS) is 12.0. The van der Waals surface area contributed by atoms with Gasteiger partial charge in [-0.2, -0.15) is 0 Å². The summed E-state index contributed by atoms with van der Waals surface area (Å²) >= 11 is 0. The number of unbranched alkanes of at least 4 members (excludes halogenated alkanes) is 5. The van der Waals surface area contributed by atoms with E-state index in [0.29, 0.717) is 0 Å². The van der Waals surface area contributed by atoms with Crippen LogP contribution in [0, 0.1) is 0 Å². The lowest BCUT2D eigenvalue weighted by Gasteiger charge is -2.20. The summed E-state index contributed by atoms with van der Waals surface area (Å²) in [5, 5.41) is 11.9. The summed E-state index contributed by atoms with van der Waals surface area (Å²) < 4.78 is 0. The lowest BCUT2D eigenvalue weighted by molar-refractivity contribution is -0.522. The molecule has 0 saturated heterocycles. The molecule has 3 heteroatoms. The van der Waals surface area contributed by atoms with Crippen molar-refractivity contribution in [3.05, 3.63) is 0 Å². The van der Waals surface area contributed by atoms with Crippen molar-refractivity contribution in [1.82, 2.24) is 0 Å². The Morgan fingerprint density at radius 2 is 1.57 bits per heavy atom. The van der Waals surface area contributed by atoms with Gasteiger partial charge >= 0.3 is 0 Å². The minimum atomic E-state index is -0.375. The second kappa shape index (κ2) is 8.21. The van der Waals surface area contributed by atoms with E-state index in [4.69, 9.17) is 10.1 Å². The van der Waals surface area contributed by atoms with E-state index in [1.807, 2.05) is 13.8 Å². The monoisotopic (exact) mass is 204 g/mol. The Hall–Kier alpha value is -0.120. The predicted octanol–water partition coefficient (Wildman–Crippen LogP) is 3.94. The largest absolute Gasteiger partial charge is 0.221 e. The molecule has 14 heavy (non-hydrogen) atoms. The summed E-state index contributed by atoms with van der Waals surface area (Å²) in [5.74, 6) is 0. The van der Waals surface area contributed by atoms with Crippen molar-refractivity contribution in [2.45, 2.75) is 71.3 Å². The fourth-order valence-corrected chi connectivity index (χ4v) is 1.47. The van der Waals surface area contributed by atoms with Crippen molar-refractivity contribution in [3.63, 3.8) is 0 Å². The molecule has 0 saturated carbocycles. The molecule has 0 amide bonds. The Bertz CT molecular complexity index is 124. The van der Waals surface area contributed by atoms with Crippen molar-refractivity contribution in [2.24, 2.45) is 0 Å². The Morgan fingerprint density at radius 3 is 2.14 bits per heavy atom. The maximum absolute atomic E-state index is 8.15. The number of hydrogen-bond donors (Lipinski definition) is 1. The topological polar surface area (TPSA) is 38.7 Å². The summed E-state index contributed by atoms with van der Waals surface area (Å²) in [4.78, 5) is 4.71. The molecule has 0 aliphatic rings. The van der Waals surface area contributed by atoms with Crippen molar-refractivity contribution in [1.29, 1.82) is 0 Å². The highest BCUT2D eigenvalue weighted by Gasteiger charge is 2.19. The van der Waals surface area contributed by atoms with Gasteiger partial charge in [0.2, 0.25) is 0 Å². The molecule has 0 aromatic carbocycles. The zero-order valence-electron chi connectivity index (χ0n) is 9.71. The van der Waals surface area contributed by atoms with Crippen LogP contribution in [-0.2, 0) is 9.93 Å². The first-order valence-corrected chi connectivity index (χ1v) is 5.61. The van der Waals surface area contributed by atoms with Crippen LogP contribution in [0.5, 0.6) is 0 Å². The fourth-order valence-electron chi connectivity index (χ4n) is 1.47. The van der Waals surface area contributed by atoms with Crippen molar-refractivity contribution >= 4 is 0 Å². The van der Waals surface area contributed by atoms with Gasteiger partial charge in [0, 0.05) is 0 Å². The first-order valence-electron chi connectivity index (χ1n) is 5.61. The third-order valence-electron chi connectivity index (χ3n) is 2.40. The van der Waals surface area contributed by atoms with Crippen LogP contribution < -0.4 is 0 Å². The van der Waals surface area contributed by atoms with Gasteiger partial charge in [0.15, 0.2) is 0 Å². The molecule has 0 spiro atoms. The maximum atomic E-state index is 8.15. The highest BCUT2D eigenvalue weighted by atomic mass is 17.5. The molecule has 0 radical (unpaired) electrons. The summed E-state index contributed by atoms with van der Waals surface area (Å²) in [6.45, 7) is 6.04. The zero-order valence-corrected chi connectivity index (χ0v) is 9.71. The molecule has 0 fully saturated rings. The Kier molecular flexibility index (Phi) is 8.14. The number of hydrogen-bond acceptors (Lipinski definition) is 3. The fraction of sp³-hybridized carbons (Fsp3) is 1.00. The van der Waals surface area contributed by atoms with E-state index < -0.39 is 0 Å². The van der Waals surface area contributed by atoms with Crippen LogP contribution in [0.2, 0.25) is 0 Å². The summed E-state index contributed by atoms with van der Waals surface area (Å²) in [5.41, 5.74) is -0.375. The van der Waals surface area contributed by atoms with Crippen LogP contribution >= 0.6 is 0 Å². The molecule has 0 aromatic heterocycles. The standard InChI is InChI=1S/C11H24O3/c1-4-5-6-7-8-9-10-11(2,3)13-14-12/h12H,4-10H2,1-3H3. The molecule has 0 bridgehead atoms. The molecule has 0 aromatic rings. The quantitative estimate of drug-likeness (QED) is 0.351. The highest BCUT2D eigenvalue weighted by molar-refractivity contribution is 4.66. The molecular formula is C11H24O3. The summed E-state index contributed by atoms with van der Waals surface area (Å²) in [7, 11) is 0. The van der Waals surface area contributed by atoms with Gasteiger partial charge in [-0.05, 0) is 20.3 Å². The van der Waals surface area contributed by atoms with E-state index in [9.17, 15) is 0 Å². The molecular weight excluding hydrogens is 180 g/mol. The van der Waals surface area contributed by atoms with Crippen molar-refractivity contribution < 1.29 is 15.2 Å². The molecule has 86 valence electrons. The van der Waals surface area contributed by atoms with Crippen LogP contribution in [0.3, 0.4) is 0 Å². The second-order valence-corrected chi connectivity index (χ2v) is 4.44. The van der Waals surface area contributed by atoms with Gasteiger partial charge in [-0.15, -0.1) is 0 Å². The zero-order chi connectivity index (χ0) is 10.9. The van der Waals surface area contributed by atoms with Gasteiger partial charge in [0.25, 0.3) is 0 Å². The van der Waals surface area contributed by atoms with E-state index in [-0.39, 0.29) is 5.60 Å². The Morgan fingerprint density at radius 1 is 1.00 bits per heavy atom. The van der Waals surface area contributed by atoms with Gasteiger partial charge in [0.05, 0.1) is 0 Å². The summed E-state index contributed by atoms with van der Waals surface area (Å²) in [6, 6.07) is 0. The molecule has 0 aliphatic heterocycles. The van der Waals surface area contributed by atoms with Crippen LogP contribution in [-0.4, -0.2) is 10.9 Å². The van der Waals surface area contributed by atoms with E-state index in [0.717, 1.165) is 12.8 Å². The average molecular weight is 204 g/mol. The summed E-state index contributed by atoms with van der Waals surface area (Å²) in [6.07, 6.45) is 8.52. The van der Waals surface area contributed by atoms with Crippen molar-refractivity contribution in [2.75, 3.05) is 0 Å². The van der Waals surface area contributed by atoms with Gasteiger partial charge in [0.1, 0.15) is 5.60 Å². The number of rotatable bonds is 9. The first kappa shape index (κ1) is 13.9. The minimum Gasteiger partial charge on any atom is -0.221 e. The molecule has 1 N–H and O–H groups in total. The van der Waals surface area contributed by atoms with E-state index in [1.54, 1.807) is 0 Å². The lowest BCUT2D eigenvalue weighted by atomic mass is 10.00. The average Bonchev–Trinajstić information content (AvgIpc) is 2.11. The Labute approximate surface area is 87.3 Å². The maximum Gasteiger partial charge on any atom is 0.101 e. The van der Waals surface area contributed by atoms with E-state index in [1.165, 1.54) is 32.1 Å². The SMILES string of the molecule is CCCCCCCCC(C)(C)OOO. The molecule has 0 aliphatic carbocycles. The smallest absolute Gasteiger partial charge is 0.101 e. The predicted molar refractivity (Wildman–Crippen MR) is 56.9 cm³/mol. The molecule has 0 unspecified atom stereocenters.